The number of likely N-dealkylation sites (tertiary alicyclic amines) is 1. The lowest BCUT2D eigenvalue weighted by Gasteiger charge is -2.32. The summed E-state index contributed by atoms with van der Waals surface area (Å²) < 4.78 is 0. The topological polar surface area (TPSA) is 90.1 Å². The van der Waals surface area contributed by atoms with Crippen molar-refractivity contribution in [2.75, 3.05) is 18.4 Å². The van der Waals surface area contributed by atoms with E-state index in [0.29, 0.717) is 25.9 Å². The van der Waals surface area contributed by atoms with Crippen molar-refractivity contribution in [1.29, 1.82) is 0 Å². The Morgan fingerprint density at radius 3 is 2.43 bits per heavy atom. The van der Waals surface area contributed by atoms with Crippen LogP contribution in [0, 0.1) is 5.92 Å². The number of piperidine rings is 1. The molecule has 0 radical (unpaired) electrons. The SMILES string of the molecule is CC(C)NC(=O)N1CCC(C(=O)Nc2ccc(-c3nc4ccccc4[nH]3)cc2)CC1. The predicted molar refractivity (Wildman–Crippen MR) is 118 cm³/mol. The van der Waals surface area contributed by atoms with Crippen LogP contribution >= 0.6 is 0 Å². The van der Waals surface area contributed by atoms with Gasteiger partial charge in [-0.1, -0.05) is 12.1 Å². The second-order valence-corrected chi connectivity index (χ2v) is 8.03. The van der Waals surface area contributed by atoms with Crippen molar-refractivity contribution in [2.24, 2.45) is 5.92 Å². The molecule has 0 spiro atoms. The number of hydrogen-bond donors (Lipinski definition) is 3. The fourth-order valence-corrected chi connectivity index (χ4v) is 3.73. The molecule has 1 saturated heterocycles. The van der Waals surface area contributed by atoms with E-state index in [2.05, 4.69) is 20.6 Å². The Balaban J connectivity index is 1.33. The number of urea groups is 1. The standard InChI is InChI=1S/C23H27N5O2/c1-15(2)24-23(30)28-13-11-17(12-14-28)22(29)25-18-9-7-16(8-10-18)21-26-19-5-3-4-6-20(19)27-21/h3-10,15,17H,11-14H2,1-2H3,(H,24,30)(H,25,29)(H,26,27). The van der Waals surface area contributed by atoms with Gasteiger partial charge in [-0.15, -0.1) is 0 Å². The number of rotatable bonds is 4. The van der Waals surface area contributed by atoms with E-state index in [9.17, 15) is 9.59 Å². The summed E-state index contributed by atoms with van der Waals surface area (Å²) in [4.78, 5) is 34.4. The Hall–Kier alpha value is -3.35. The second-order valence-electron chi connectivity index (χ2n) is 8.03. The van der Waals surface area contributed by atoms with Gasteiger partial charge in [-0.05, 0) is 63.1 Å². The summed E-state index contributed by atoms with van der Waals surface area (Å²) >= 11 is 0. The molecule has 2 heterocycles. The van der Waals surface area contributed by atoms with Crippen LogP contribution in [0.2, 0.25) is 0 Å². The van der Waals surface area contributed by atoms with Crippen LogP contribution in [0.3, 0.4) is 0 Å². The number of para-hydroxylation sites is 2. The average molecular weight is 406 g/mol. The molecular formula is C23H27N5O2. The van der Waals surface area contributed by atoms with Gasteiger partial charge in [0.15, 0.2) is 0 Å². The van der Waals surface area contributed by atoms with E-state index in [1.165, 1.54) is 0 Å². The van der Waals surface area contributed by atoms with Gasteiger partial charge in [0, 0.05) is 36.3 Å². The number of carbonyl (C=O) groups excluding carboxylic acids is 2. The largest absolute Gasteiger partial charge is 0.338 e. The number of fused-ring (bicyclic) bond motifs is 1. The van der Waals surface area contributed by atoms with E-state index in [0.717, 1.165) is 28.1 Å². The lowest BCUT2D eigenvalue weighted by molar-refractivity contribution is -0.121. The fourth-order valence-electron chi connectivity index (χ4n) is 3.73. The number of carbonyl (C=O) groups is 2. The minimum atomic E-state index is -0.0804. The van der Waals surface area contributed by atoms with Crippen molar-refractivity contribution >= 4 is 28.7 Å². The quantitative estimate of drug-likeness (QED) is 0.613. The molecule has 7 nitrogen and oxygen atoms in total. The van der Waals surface area contributed by atoms with Crippen molar-refractivity contribution < 1.29 is 9.59 Å². The summed E-state index contributed by atoms with van der Waals surface area (Å²) in [7, 11) is 0. The van der Waals surface area contributed by atoms with E-state index in [-0.39, 0.29) is 23.9 Å². The van der Waals surface area contributed by atoms with Crippen molar-refractivity contribution in [1.82, 2.24) is 20.2 Å². The van der Waals surface area contributed by atoms with E-state index in [1.807, 2.05) is 62.4 Å². The molecule has 7 heteroatoms. The summed E-state index contributed by atoms with van der Waals surface area (Å²) in [5.41, 5.74) is 3.66. The van der Waals surface area contributed by atoms with Crippen molar-refractivity contribution in [3.05, 3.63) is 48.5 Å². The predicted octanol–water partition coefficient (Wildman–Crippen LogP) is 4.00. The normalized spacial score (nSPS) is 14.8. The Bertz CT molecular complexity index is 1000. The maximum Gasteiger partial charge on any atom is 0.317 e. The van der Waals surface area contributed by atoms with Gasteiger partial charge in [0.1, 0.15) is 5.82 Å². The van der Waals surface area contributed by atoms with Crippen molar-refractivity contribution in [3.63, 3.8) is 0 Å². The molecule has 0 bridgehead atoms. The number of anilines is 1. The minimum Gasteiger partial charge on any atom is -0.338 e. The molecule has 0 saturated carbocycles. The number of hydrogen-bond acceptors (Lipinski definition) is 3. The summed E-state index contributed by atoms with van der Waals surface area (Å²) in [6.07, 6.45) is 1.35. The number of nitrogens with one attached hydrogen (secondary N) is 3. The number of imidazole rings is 1. The minimum absolute atomic E-state index is 0.00963. The fraction of sp³-hybridized carbons (Fsp3) is 0.348. The van der Waals surface area contributed by atoms with Gasteiger partial charge >= 0.3 is 6.03 Å². The van der Waals surface area contributed by atoms with E-state index in [4.69, 9.17) is 0 Å². The molecule has 0 atom stereocenters. The molecule has 1 fully saturated rings. The van der Waals surface area contributed by atoms with Crippen LogP contribution in [0.25, 0.3) is 22.4 Å². The molecule has 2 aromatic carbocycles. The molecule has 1 aliphatic heterocycles. The number of aromatic amines is 1. The van der Waals surface area contributed by atoms with Gasteiger partial charge in [-0.2, -0.15) is 0 Å². The van der Waals surface area contributed by atoms with Crippen molar-refractivity contribution in [3.8, 4) is 11.4 Å². The lowest BCUT2D eigenvalue weighted by atomic mass is 9.96. The third-order valence-corrected chi connectivity index (χ3v) is 5.38. The summed E-state index contributed by atoms with van der Waals surface area (Å²) in [5, 5.41) is 5.91. The Morgan fingerprint density at radius 2 is 1.77 bits per heavy atom. The van der Waals surface area contributed by atoms with Crippen molar-refractivity contribution in [2.45, 2.75) is 32.7 Å². The number of nitrogens with zero attached hydrogens (tertiary/aromatic N) is 2. The van der Waals surface area contributed by atoms with E-state index >= 15 is 0 Å². The van der Waals surface area contributed by atoms with Crippen LogP contribution in [-0.4, -0.2) is 45.9 Å². The van der Waals surface area contributed by atoms with Crippen LogP contribution in [0.5, 0.6) is 0 Å². The summed E-state index contributed by atoms with van der Waals surface area (Å²) in [6, 6.07) is 15.7. The maximum absolute atomic E-state index is 12.6. The Kier molecular flexibility index (Phi) is 5.70. The van der Waals surface area contributed by atoms with Crippen LogP contribution in [-0.2, 0) is 4.79 Å². The molecule has 1 aliphatic rings. The van der Waals surface area contributed by atoms with Crippen LogP contribution < -0.4 is 10.6 Å². The molecule has 0 aliphatic carbocycles. The molecule has 3 N–H and O–H groups in total. The third kappa shape index (κ3) is 4.45. The first-order valence-corrected chi connectivity index (χ1v) is 10.4. The number of H-pyrrole nitrogens is 1. The van der Waals surface area contributed by atoms with E-state index < -0.39 is 0 Å². The first kappa shape index (κ1) is 19.9. The van der Waals surface area contributed by atoms with Crippen LogP contribution in [0.15, 0.2) is 48.5 Å². The molecule has 0 unspecified atom stereocenters. The average Bonchev–Trinajstić information content (AvgIpc) is 3.18. The van der Waals surface area contributed by atoms with Gasteiger partial charge in [-0.25, -0.2) is 9.78 Å². The molecular weight excluding hydrogens is 378 g/mol. The highest BCUT2D eigenvalue weighted by Crippen LogP contribution is 2.23. The van der Waals surface area contributed by atoms with Gasteiger partial charge < -0.3 is 20.5 Å². The second kappa shape index (κ2) is 8.57. The zero-order valence-corrected chi connectivity index (χ0v) is 17.3. The molecule has 4 rings (SSSR count). The Morgan fingerprint density at radius 1 is 1.07 bits per heavy atom. The number of benzene rings is 2. The number of amides is 3. The smallest absolute Gasteiger partial charge is 0.317 e. The molecule has 156 valence electrons. The third-order valence-electron chi connectivity index (χ3n) is 5.38. The molecule has 1 aromatic heterocycles. The highest BCUT2D eigenvalue weighted by Gasteiger charge is 2.27. The van der Waals surface area contributed by atoms with Gasteiger partial charge in [-0.3, -0.25) is 4.79 Å². The summed E-state index contributed by atoms with van der Waals surface area (Å²) in [5.74, 6) is 0.736. The van der Waals surface area contributed by atoms with Crippen LogP contribution in [0.4, 0.5) is 10.5 Å². The van der Waals surface area contributed by atoms with Gasteiger partial charge in [0.25, 0.3) is 0 Å². The highest BCUT2D eigenvalue weighted by atomic mass is 16.2. The van der Waals surface area contributed by atoms with E-state index in [1.54, 1.807) is 4.90 Å². The maximum atomic E-state index is 12.6. The molecule has 30 heavy (non-hydrogen) atoms. The van der Waals surface area contributed by atoms with Gasteiger partial charge in [0.05, 0.1) is 11.0 Å². The van der Waals surface area contributed by atoms with Crippen LogP contribution in [0.1, 0.15) is 26.7 Å². The summed E-state index contributed by atoms with van der Waals surface area (Å²) in [6.45, 7) is 5.08. The number of aromatic nitrogens is 2. The Labute approximate surface area is 175 Å². The first-order valence-electron chi connectivity index (χ1n) is 10.4. The zero-order chi connectivity index (χ0) is 21.1. The zero-order valence-electron chi connectivity index (χ0n) is 17.3. The first-order chi connectivity index (χ1) is 14.5. The monoisotopic (exact) mass is 405 g/mol. The highest BCUT2D eigenvalue weighted by molar-refractivity contribution is 5.93. The lowest BCUT2D eigenvalue weighted by Crippen LogP contribution is -2.47. The molecule has 3 amide bonds. The molecule has 3 aromatic rings. The van der Waals surface area contributed by atoms with Gasteiger partial charge in [0.2, 0.25) is 5.91 Å².